The lowest BCUT2D eigenvalue weighted by Crippen LogP contribution is -2.39. The van der Waals surface area contributed by atoms with Gasteiger partial charge in [0.2, 0.25) is 0 Å². The standard InChI is InChI=1S/C21H21ClN4O/c22-18-7-2-6-17(14-18)20-9-3-11-25(20)21(27)23-15-16-5-1-8-19(13-16)26-12-4-10-24-26/h1-2,4-8,10,12-14,20H,3,9,11,15H2,(H,23,27). The molecule has 1 aliphatic heterocycles. The summed E-state index contributed by atoms with van der Waals surface area (Å²) >= 11 is 6.12. The Labute approximate surface area is 163 Å². The van der Waals surface area contributed by atoms with Gasteiger partial charge in [0.25, 0.3) is 0 Å². The van der Waals surface area contributed by atoms with Crippen LogP contribution in [0.3, 0.4) is 0 Å². The van der Waals surface area contributed by atoms with Gasteiger partial charge in [-0.1, -0.05) is 35.9 Å². The first-order valence-electron chi connectivity index (χ1n) is 9.09. The number of carbonyl (C=O) groups excluding carboxylic acids is 1. The number of halogens is 1. The van der Waals surface area contributed by atoms with E-state index in [1.54, 1.807) is 10.9 Å². The normalized spacial score (nSPS) is 16.5. The van der Waals surface area contributed by atoms with Gasteiger partial charge < -0.3 is 10.2 Å². The highest BCUT2D eigenvalue weighted by Crippen LogP contribution is 2.32. The topological polar surface area (TPSA) is 50.2 Å². The van der Waals surface area contributed by atoms with Crippen LogP contribution in [0.15, 0.2) is 67.0 Å². The molecule has 0 spiro atoms. The minimum absolute atomic E-state index is 0.0398. The van der Waals surface area contributed by atoms with Crippen LogP contribution in [0.5, 0.6) is 0 Å². The van der Waals surface area contributed by atoms with Crippen LogP contribution in [0.25, 0.3) is 5.69 Å². The maximum atomic E-state index is 12.8. The van der Waals surface area contributed by atoms with Crippen LogP contribution in [0.1, 0.15) is 30.0 Å². The minimum Gasteiger partial charge on any atom is -0.334 e. The Morgan fingerprint density at radius 1 is 1.19 bits per heavy atom. The number of nitrogens with zero attached hydrogens (tertiary/aromatic N) is 3. The smallest absolute Gasteiger partial charge is 0.318 e. The maximum Gasteiger partial charge on any atom is 0.318 e. The molecule has 5 nitrogen and oxygen atoms in total. The Kier molecular flexibility index (Phi) is 5.12. The molecular formula is C21H21ClN4O. The molecule has 1 aromatic heterocycles. The summed E-state index contributed by atoms with van der Waals surface area (Å²) in [5, 5.41) is 8.00. The van der Waals surface area contributed by atoms with Gasteiger partial charge in [0.1, 0.15) is 0 Å². The van der Waals surface area contributed by atoms with Crippen LogP contribution >= 0.6 is 11.6 Å². The number of carbonyl (C=O) groups is 1. The Morgan fingerprint density at radius 3 is 2.89 bits per heavy atom. The van der Waals surface area contributed by atoms with E-state index in [2.05, 4.69) is 10.4 Å². The van der Waals surface area contributed by atoms with Crippen LogP contribution in [-0.2, 0) is 6.54 Å². The molecule has 27 heavy (non-hydrogen) atoms. The number of benzene rings is 2. The predicted octanol–water partition coefficient (Wildman–Crippen LogP) is 4.57. The highest BCUT2D eigenvalue weighted by atomic mass is 35.5. The number of hydrogen-bond donors (Lipinski definition) is 1. The molecule has 1 saturated heterocycles. The molecule has 0 bridgehead atoms. The number of nitrogens with one attached hydrogen (secondary N) is 1. The Bertz CT molecular complexity index is 925. The maximum absolute atomic E-state index is 12.8. The molecule has 1 unspecified atom stereocenters. The fourth-order valence-electron chi connectivity index (χ4n) is 3.58. The first-order valence-corrected chi connectivity index (χ1v) is 9.47. The van der Waals surface area contributed by atoms with Crippen molar-refractivity contribution >= 4 is 17.6 Å². The summed E-state index contributed by atoms with van der Waals surface area (Å²) in [6.07, 6.45) is 5.61. The molecule has 0 aliphatic carbocycles. The van der Waals surface area contributed by atoms with Crippen LogP contribution < -0.4 is 5.32 Å². The highest BCUT2D eigenvalue weighted by molar-refractivity contribution is 6.30. The molecule has 2 heterocycles. The van der Waals surface area contributed by atoms with Gasteiger partial charge in [-0.15, -0.1) is 0 Å². The van der Waals surface area contributed by atoms with Crippen LogP contribution in [0, 0.1) is 0 Å². The van der Waals surface area contributed by atoms with E-state index < -0.39 is 0 Å². The summed E-state index contributed by atoms with van der Waals surface area (Å²) in [6, 6.07) is 17.7. The minimum atomic E-state index is -0.0398. The average Bonchev–Trinajstić information content (AvgIpc) is 3.38. The molecule has 1 N–H and O–H groups in total. The average molecular weight is 381 g/mol. The number of rotatable bonds is 4. The molecule has 0 radical (unpaired) electrons. The molecule has 3 aromatic rings. The van der Waals surface area contributed by atoms with Crippen molar-refractivity contribution in [1.82, 2.24) is 20.0 Å². The van der Waals surface area contributed by atoms with Gasteiger partial charge in [-0.3, -0.25) is 0 Å². The van der Waals surface area contributed by atoms with E-state index in [1.807, 2.05) is 65.7 Å². The van der Waals surface area contributed by atoms with Crippen LogP contribution in [-0.4, -0.2) is 27.3 Å². The monoisotopic (exact) mass is 380 g/mol. The third kappa shape index (κ3) is 3.98. The molecule has 4 rings (SSSR count). The van der Waals surface area contributed by atoms with Crippen molar-refractivity contribution in [3.05, 3.63) is 83.1 Å². The Morgan fingerprint density at radius 2 is 2.07 bits per heavy atom. The summed E-state index contributed by atoms with van der Waals surface area (Å²) in [7, 11) is 0. The first-order chi connectivity index (χ1) is 13.2. The zero-order valence-electron chi connectivity index (χ0n) is 14.9. The molecule has 1 fully saturated rings. The highest BCUT2D eigenvalue weighted by Gasteiger charge is 2.29. The van der Waals surface area contributed by atoms with Crippen molar-refractivity contribution in [2.75, 3.05) is 6.54 Å². The molecule has 1 atom stereocenters. The zero-order valence-corrected chi connectivity index (χ0v) is 15.6. The second-order valence-corrected chi connectivity index (χ2v) is 7.12. The van der Waals surface area contributed by atoms with E-state index in [-0.39, 0.29) is 12.1 Å². The van der Waals surface area contributed by atoms with Gasteiger partial charge in [-0.05, 0) is 54.3 Å². The van der Waals surface area contributed by atoms with E-state index in [0.29, 0.717) is 11.6 Å². The third-order valence-corrected chi connectivity index (χ3v) is 5.11. The summed E-state index contributed by atoms with van der Waals surface area (Å²) in [5.74, 6) is 0. The second kappa shape index (κ2) is 7.84. The van der Waals surface area contributed by atoms with E-state index >= 15 is 0 Å². The van der Waals surface area contributed by atoms with E-state index in [4.69, 9.17) is 11.6 Å². The van der Waals surface area contributed by atoms with Gasteiger partial charge in [0.15, 0.2) is 0 Å². The largest absolute Gasteiger partial charge is 0.334 e. The predicted molar refractivity (Wildman–Crippen MR) is 106 cm³/mol. The Hall–Kier alpha value is -2.79. The summed E-state index contributed by atoms with van der Waals surface area (Å²) in [5.41, 5.74) is 3.11. The fraction of sp³-hybridized carbons (Fsp3) is 0.238. The van der Waals surface area contributed by atoms with Crippen molar-refractivity contribution in [3.63, 3.8) is 0 Å². The number of aromatic nitrogens is 2. The number of hydrogen-bond acceptors (Lipinski definition) is 2. The number of likely N-dealkylation sites (tertiary alicyclic amines) is 1. The van der Waals surface area contributed by atoms with E-state index in [0.717, 1.165) is 36.2 Å². The van der Waals surface area contributed by atoms with Crippen molar-refractivity contribution in [3.8, 4) is 5.69 Å². The quantitative estimate of drug-likeness (QED) is 0.720. The van der Waals surface area contributed by atoms with E-state index in [9.17, 15) is 4.79 Å². The number of amides is 2. The lowest BCUT2D eigenvalue weighted by atomic mass is 10.1. The van der Waals surface area contributed by atoms with Crippen molar-refractivity contribution < 1.29 is 4.79 Å². The van der Waals surface area contributed by atoms with E-state index in [1.165, 1.54) is 0 Å². The van der Waals surface area contributed by atoms with Gasteiger partial charge in [0, 0.05) is 30.5 Å². The Balaban J connectivity index is 1.42. The van der Waals surface area contributed by atoms with Crippen LogP contribution in [0.4, 0.5) is 4.79 Å². The fourth-order valence-corrected chi connectivity index (χ4v) is 3.78. The van der Waals surface area contributed by atoms with Gasteiger partial charge in [-0.25, -0.2) is 9.48 Å². The molecule has 1 aliphatic rings. The van der Waals surface area contributed by atoms with Crippen molar-refractivity contribution in [2.45, 2.75) is 25.4 Å². The molecule has 2 amide bonds. The molecular weight excluding hydrogens is 360 g/mol. The lowest BCUT2D eigenvalue weighted by molar-refractivity contribution is 0.192. The zero-order chi connectivity index (χ0) is 18.6. The second-order valence-electron chi connectivity index (χ2n) is 6.69. The summed E-state index contributed by atoms with van der Waals surface area (Å²) in [6.45, 7) is 1.24. The first kappa shape index (κ1) is 17.6. The van der Waals surface area contributed by atoms with Crippen LogP contribution in [0.2, 0.25) is 5.02 Å². The SMILES string of the molecule is O=C(NCc1cccc(-n2cccn2)c1)N1CCCC1c1cccc(Cl)c1. The molecule has 0 saturated carbocycles. The lowest BCUT2D eigenvalue weighted by Gasteiger charge is -2.25. The number of urea groups is 1. The van der Waals surface area contributed by atoms with Gasteiger partial charge in [0.05, 0.1) is 11.7 Å². The third-order valence-electron chi connectivity index (χ3n) is 4.87. The molecule has 2 aromatic carbocycles. The van der Waals surface area contributed by atoms with Gasteiger partial charge in [-0.2, -0.15) is 5.10 Å². The summed E-state index contributed by atoms with van der Waals surface area (Å²) in [4.78, 5) is 14.7. The van der Waals surface area contributed by atoms with Crippen molar-refractivity contribution in [1.29, 1.82) is 0 Å². The molecule has 138 valence electrons. The summed E-state index contributed by atoms with van der Waals surface area (Å²) < 4.78 is 1.81. The molecule has 6 heteroatoms. The van der Waals surface area contributed by atoms with Gasteiger partial charge >= 0.3 is 6.03 Å². The van der Waals surface area contributed by atoms with Crippen molar-refractivity contribution in [2.24, 2.45) is 0 Å².